The fourth-order valence-electron chi connectivity index (χ4n) is 4.15. The van der Waals surface area contributed by atoms with Crippen molar-refractivity contribution in [1.82, 2.24) is 9.97 Å². The minimum absolute atomic E-state index is 0.684. The maximum Gasteiger partial charge on any atom is 0.158 e. The summed E-state index contributed by atoms with van der Waals surface area (Å²) >= 11 is 0. The minimum Gasteiger partial charge on any atom is -0.378 e. The normalized spacial score (nSPS) is 15.5. The second kappa shape index (κ2) is 8.47. The average molecular weight is 414 g/mol. The van der Waals surface area contributed by atoms with Crippen LogP contribution in [0.5, 0.6) is 0 Å². The summed E-state index contributed by atoms with van der Waals surface area (Å²) in [6.45, 7) is 7.28. The summed E-state index contributed by atoms with van der Waals surface area (Å²) in [7, 11) is 0. The van der Waals surface area contributed by atoms with E-state index in [1.165, 1.54) is 16.7 Å². The quantitative estimate of drug-likeness (QED) is 0.694. The standard InChI is InChI=1S/C25H27N5O/c1-17-5-3-7-19(13-17)15-22-27-21-16-23(26-20-8-4-6-18(2)14-20)28-24(21)25(29-22)30-9-11-31-12-10-30/h3-8,13-14H,9-12,15-16H2,1-2H3,(H,26,28). The van der Waals surface area contributed by atoms with E-state index < -0.39 is 0 Å². The van der Waals surface area contributed by atoms with Crippen molar-refractivity contribution in [2.45, 2.75) is 26.7 Å². The molecule has 1 saturated heterocycles. The molecule has 3 heterocycles. The van der Waals surface area contributed by atoms with Crippen molar-refractivity contribution in [3.8, 4) is 0 Å². The van der Waals surface area contributed by atoms with Crippen molar-refractivity contribution in [3.05, 3.63) is 76.7 Å². The number of morpholine rings is 1. The maximum absolute atomic E-state index is 5.56. The SMILES string of the molecule is Cc1cccc(Cc2nc3c(c(N4CCOCC4)n2)N=C(Nc2cccc(C)c2)C3)c1. The van der Waals surface area contributed by atoms with Crippen LogP contribution in [0.25, 0.3) is 0 Å². The highest BCUT2D eigenvalue weighted by molar-refractivity contribution is 6.03. The molecule has 2 aliphatic heterocycles. The van der Waals surface area contributed by atoms with Crippen LogP contribution in [0, 0.1) is 13.8 Å². The molecule has 6 heteroatoms. The van der Waals surface area contributed by atoms with E-state index in [1.807, 2.05) is 0 Å². The molecule has 0 radical (unpaired) electrons. The first kappa shape index (κ1) is 19.7. The van der Waals surface area contributed by atoms with Crippen LogP contribution in [0.15, 0.2) is 53.5 Å². The van der Waals surface area contributed by atoms with Crippen molar-refractivity contribution >= 4 is 23.0 Å². The van der Waals surface area contributed by atoms with Gasteiger partial charge in [-0.25, -0.2) is 15.0 Å². The van der Waals surface area contributed by atoms with Crippen LogP contribution in [-0.2, 0) is 17.6 Å². The number of benzene rings is 2. The fraction of sp³-hybridized carbons (Fsp3) is 0.320. The van der Waals surface area contributed by atoms with E-state index in [2.05, 4.69) is 72.6 Å². The highest BCUT2D eigenvalue weighted by Gasteiger charge is 2.26. The molecule has 3 aromatic rings. The van der Waals surface area contributed by atoms with Crippen LogP contribution in [0.3, 0.4) is 0 Å². The molecule has 0 saturated carbocycles. The van der Waals surface area contributed by atoms with Crippen molar-refractivity contribution in [1.29, 1.82) is 0 Å². The van der Waals surface area contributed by atoms with E-state index in [0.717, 1.165) is 47.6 Å². The van der Waals surface area contributed by atoms with Crippen molar-refractivity contribution in [2.24, 2.45) is 4.99 Å². The van der Waals surface area contributed by atoms with Crippen molar-refractivity contribution < 1.29 is 4.74 Å². The number of nitrogens with one attached hydrogen (secondary N) is 1. The zero-order valence-electron chi connectivity index (χ0n) is 18.1. The third kappa shape index (κ3) is 4.44. The van der Waals surface area contributed by atoms with Crippen LogP contribution >= 0.6 is 0 Å². The molecular weight excluding hydrogens is 386 g/mol. The lowest BCUT2D eigenvalue weighted by Gasteiger charge is -2.28. The lowest BCUT2D eigenvalue weighted by Crippen LogP contribution is -2.37. The van der Waals surface area contributed by atoms with Gasteiger partial charge in [0.1, 0.15) is 17.3 Å². The summed E-state index contributed by atoms with van der Waals surface area (Å²) in [6, 6.07) is 16.9. The number of hydrogen-bond acceptors (Lipinski definition) is 6. The molecule has 0 unspecified atom stereocenters. The summed E-state index contributed by atoms with van der Waals surface area (Å²) < 4.78 is 5.56. The van der Waals surface area contributed by atoms with E-state index in [-0.39, 0.29) is 0 Å². The van der Waals surface area contributed by atoms with Gasteiger partial charge in [-0.15, -0.1) is 0 Å². The second-order valence-corrected chi connectivity index (χ2v) is 8.25. The Morgan fingerprint density at radius 3 is 2.52 bits per heavy atom. The number of rotatable bonds is 4. The summed E-state index contributed by atoms with van der Waals surface area (Å²) in [5, 5.41) is 3.47. The molecule has 1 N–H and O–H groups in total. The van der Waals surface area contributed by atoms with Crippen molar-refractivity contribution in [3.63, 3.8) is 0 Å². The molecule has 0 aliphatic carbocycles. The van der Waals surface area contributed by atoms with Gasteiger partial charge in [0.15, 0.2) is 5.82 Å². The van der Waals surface area contributed by atoms with Gasteiger partial charge in [0, 0.05) is 25.2 Å². The summed E-state index contributed by atoms with van der Waals surface area (Å²) in [6.07, 6.45) is 1.40. The Balaban J connectivity index is 1.47. The zero-order valence-corrected chi connectivity index (χ0v) is 18.1. The van der Waals surface area contributed by atoms with Crippen LogP contribution < -0.4 is 10.2 Å². The Morgan fingerprint density at radius 2 is 1.74 bits per heavy atom. The molecule has 1 fully saturated rings. The van der Waals surface area contributed by atoms with Gasteiger partial charge in [-0.3, -0.25) is 0 Å². The molecule has 6 nitrogen and oxygen atoms in total. The molecule has 0 atom stereocenters. The summed E-state index contributed by atoms with van der Waals surface area (Å²) in [4.78, 5) is 17.1. The van der Waals surface area contributed by atoms with E-state index in [4.69, 9.17) is 19.7 Å². The largest absolute Gasteiger partial charge is 0.378 e. The number of amidine groups is 1. The number of nitrogens with zero attached hydrogens (tertiary/aromatic N) is 4. The van der Waals surface area contributed by atoms with Gasteiger partial charge in [0.25, 0.3) is 0 Å². The highest BCUT2D eigenvalue weighted by atomic mass is 16.5. The van der Waals surface area contributed by atoms with Gasteiger partial charge >= 0.3 is 0 Å². The van der Waals surface area contributed by atoms with E-state index in [9.17, 15) is 0 Å². The van der Waals surface area contributed by atoms with Gasteiger partial charge in [-0.05, 0) is 37.1 Å². The Labute approximate surface area is 183 Å². The first-order valence-electron chi connectivity index (χ1n) is 10.8. The van der Waals surface area contributed by atoms with Gasteiger partial charge in [0.05, 0.1) is 25.3 Å². The molecule has 0 spiro atoms. The Morgan fingerprint density at radius 1 is 0.968 bits per heavy atom. The first-order valence-corrected chi connectivity index (χ1v) is 10.8. The van der Waals surface area contributed by atoms with Crippen LogP contribution in [0.1, 0.15) is 28.2 Å². The molecule has 1 aromatic heterocycles. The lowest BCUT2D eigenvalue weighted by molar-refractivity contribution is 0.122. The number of ether oxygens (including phenoxy) is 1. The second-order valence-electron chi connectivity index (χ2n) is 8.25. The van der Waals surface area contributed by atoms with Crippen LogP contribution in [0.2, 0.25) is 0 Å². The number of anilines is 2. The van der Waals surface area contributed by atoms with Gasteiger partial charge in [-0.2, -0.15) is 0 Å². The number of aryl methyl sites for hydroxylation is 2. The predicted molar refractivity (Wildman–Crippen MR) is 125 cm³/mol. The fourth-order valence-corrected chi connectivity index (χ4v) is 4.15. The predicted octanol–water partition coefficient (Wildman–Crippen LogP) is 4.22. The molecule has 2 aromatic carbocycles. The summed E-state index contributed by atoms with van der Waals surface area (Å²) in [5.41, 5.74) is 6.63. The van der Waals surface area contributed by atoms with E-state index in [0.29, 0.717) is 26.1 Å². The highest BCUT2D eigenvalue weighted by Crippen LogP contribution is 2.35. The third-order valence-corrected chi connectivity index (χ3v) is 5.63. The van der Waals surface area contributed by atoms with Crippen LogP contribution in [-0.4, -0.2) is 42.1 Å². The average Bonchev–Trinajstić information content (AvgIpc) is 3.16. The Hall–Kier alpha value is -3.25. The minimum atomic E-state index is 0.684. The van der Waals surface area contributed by atoms with E-state index >= 15 is 0 Å². The number of aliphatic imine (C=N–C) groups is 1. The molecule has 0 amide bonds. The molecule has 158 valence electrons. The van der Waals surface area contributed by atoms with Gasteiger partial charge in [0.2, 0.25) is 0 Å². The molecule has 0 bridgehead atoms. The Bertz CT molecular complexity index is 1130. The van der Waals surface area contributed by atoms with Gasteiger partial charge < -0.3 is 15.0 Å². The first-order chi connectivity index (χ1) is 15.1. The number of aromatic nitrogens is 2. The monoisotopic (exact) mass is 413 g/mol. The van der Waals surface area contributed by atoms with E-state index in [1.54, 1.807) is 0 Å². The molecular formula is C25H27N5O. The topological polar surface area (TPSA) is 62.6 Å². The zero-order chi connectivity index (χ0) is 21.2. The molecule has 2 aliphatic rings. The van der Waals surface area contributed by atoms with Crippen molar-refractivity contribution in [2.75, 3.05) is 36.5 Å². The lowest BCUT2D eigenvalue weighted by atomic mass is 10.1. The molecule has 5 rings (SSSR count). The number of fused-ring (bicyclic) bond motifs is 1. The number of hydrogen-bond donors (Lipinski definition) is 1. The Kier molecular flexibility index (Phi) is 5.38. The summed E-state index contributed by atoms with van der Waals surface area (Å²) in [5.74, 6) is 2.69. The van der Waals surface area contributed by atoms with Gasteiger partial charge in [-0.1, -0.05) is 42.0 Å². The van der Waals surface area contributed by atoms with Crippen LogP contribution in [0.4, 0.5) is 17.2 Å². The molecule has 31 heavy (non-hydrogen) atoms. The third-order valence-electron chi connectivity index (χ3n) is 5.63. The maximum atomic E-state index is 5.56. The smallest absolute Gasteiger partial charge is 0.158 e.